The molecule has 1 fully saturated rings. The van der Waals surface area contributed by atoms with E-state index in [0.29, 0.717) is 24.2 Å². The second-order valence-electron chi connectivity index (χ2n) is 12.3. The van der Waals surface area contributed by atoms with Crippen LogP contribution in [0.3, 0.4) is 0 Å². The number of alkyl halides is 1. The fraction of sp³-hybridized carbons (Fsp3) is 0.364. The van der Waals surface area contributed by atoms with Crippen LogP contribution in [-0.4, -0.2) is 66.5 Å². The molecule has 242 valence electrons. The predicted molar refractivity (Wildman–Crippen MR) is 177 cm³/mol. The number of halogens is 3. The van der Waals surface area contributed by atoms with Crippen LogP contribution in [0.1, 0.15) is 55.1 Å². The molecule has 1 saturated heterocycles. The molecular weight excluding hydrogens is 654 g/mol. The predicted octanol–water partition coefficient (Wildman–Crippen LogP) is 6.72. The zero-order chi connectivity index (χ0) is 32.8. The maximum atomic E-state index is 14.2. The molecule has 6 rings (SSSR count). The van der Waals surface area contributed by atoms with Gasteiger partial charge in [0.05, 0.1) is 33.6 Å². The number of thioether (sulfide) groups is 1. The average Bonchev–Trinajstić information content (AvgIpc) is 3.76. The van der Waals surface area contributed by atoms with Crippen LogP contribution in [0.15, 0.2) is 92.3 Å². The first-order valence-corrected chi connectivity index (χ1v) is 17.7. The summed E-state index contributed by atoms with van der Waals surface area (Å²) in [5, 5.41) is 11.5. The number of carboxylic acid groups (broad SMARTS) is 1. The van der Waals surface area contributed by atoms with Crippen LogP contribution in [0, 0.1) is 11.2 Å². The Morgan fingerprint density at radius 2 is 2.00 bits per heavy atom. The molecule has 13 heteroatoms. The summed E-state index contributed by atoms with van der Waals surface area (Å²) in [5.41, 5.74) is 2.40. The largest absolute Gasteiger partial charge is 0.478 e. The molecule has 4 aliphatic heterocycles. The fourth-order valence-electron chi connectivity index (χ4n) is 6.30. The van der Waals surface area contributed by atoms with Crippen LogP contribution in [0.5, 0.6) is 0 Å². The summed E-state index contributed by atoms with van der Waals surface area (Å²) in [6.45, 7) is 4.07. The van der Waals surface area contributed by atoms with E-state index in [1.807, 2.05) is 24.5 Å². The van der Waals surface area contributed by atoms with E-state index in [0.717, 1.165) is 23.5 Å². The molecule has 0 radical (unpaired) electrons. The summed E-state index contributed by atoms with van der Waals surface area (Å²) in [6, 6.07) is 8.38. The Bertz CT molecular complexity index is 1820. The number of carbonyl (C=O) groups is 1. The summed E-state index contributed by atoms with van der Waals surface area (Å²) in [6.07, 6.45) is 6.27. The number of rotatable bonds is 10. The van der Waals surface area contributed by atoms with Crippen molar-refractivity contribution in [3.63, 3.8) is 0 Å². The number of fused-ring (bicyclic) bond motifs is 1. The van der Waals surface area contributed by atoms with Crippen molar-refractivity contribution in [2.75, 3.05) is 13.1 Å². The number of hydrogen-bond donors (Lipinski definition) is 2. The number of nitrogens with one attached hydrogen (secondary N) is 1. The first-order valence-electron chi connectivity index (χ1n) is 14.9. The fourth-order valence-corrected chi connectivity index (χ4v) is 8.71. The highest BCUT2D eigenvalue weighted by Gasteiger charge is 2.47. The Balaban J connectivity index is 1.39. The third-order valence-electron chi connectivity index (χ3n) is 8.54. The minimum absolute atomic E-state index is 0.00737. The first-order chi connectivity index (χ1) is 21.8. The third kappa shape index (κ3) is 6.58. The number of benzene rings is 2. The lowest BCUT2D eigenvalue weighted by Crippen LogP contribution is -2.42. The van der Waals surface area contributed by atoms with E-state index in [-0.39, 0.29) is 39.7 Å². The van der Waals surface area contributed by atoms with Crippen LogP contribution in [-0.2, 0) is 10.0 Å². The van der Waals surface area contributed by atoms with Gasteiger partial charge in [-0.15, -0.1) is 11.8 Å². The van der Waals surface area contributed by atoms with Crippen LogP contribution >= 0.6 is 23.4 Å². The molecule has 2 aromatic carbocycles. The SMILES string of the molecule is C[C@@H](F)CC1C=CC(C2=C3C[C@@](C)(CNS(=O)(=O)c4ccc(C(=O)O)cc4)CN3C(C3CC=CS3)=N[C@H]2c2ccc(F)cc2Cl)=N1. The van der Waals surface area contributed by atoms with Gasteiger partial charge in [0.15, 0.2) is 0 Å². The molecule has 0 saturated carbocycles. The van der Waals surface area contributed by atoms with E-state index in [1.165, 1.54) is 43.3 Å². The highest BCUT2D eigenvalue weighted by Crippen LogP contribution is 2.49. The Kier molecular flexibility index (Phi) is 9.01. The van der Waals surface area contributed by atoms with E-state index in [4.69, 9.17) is 21.6 Å². The van der Waals surface area contributed by atoms with Crippen LogP contribution < -0.4 is 4.72 Å². The molecule has 8 nitrogen and oxygen atoms in total. The smallest absolute Gasteiger partial charge is 0.335 e. The van der Waals surface area contributed by atoms with Crippen molar-refractivity contribution in [2.24, 2.45) is 15.4 Å². The van der Waals surface area contributed by atoms with Gasteiger partial charge in [-0.3, -0.25) is 9.98 Å². The molecule has 2 unspecified atom stereocenters. The molecule has 46 heavy (non-hydrogen) atoms. The van der Waals surface area contributed by atoms with Gasteiger partial charge >= 0.3 is 5.97 Å². The summed E-state index contributed by atoms with van der Waals surface area (Å²) >= 11 is 8.30. The molecule has 2 aromatic rings. The second kappa shape index (κ2) is 12.7. The van der Waals surface area contributed by atoms with Gasteiger partial charge in [0.25, 0.3) is 0 Å². The molecule has 0 amide bonds. The average molecular weight is 687 g/mol. The van der Waals surface area contributed by atoms with Crippen LogP contribution in [0.25, 0.3) is 0 Å². The number of allylic oxidation sites excluding steroid dienone is 3. The number of aromatic carboxylic acids is 1. The number of amidine groups is 1. The van der Waals surface area contributed by atoms with Crippen molar-refractivity contribution < 1.29 is 27.1 Å². The maximum absolute atomic E-state index is 14.2. The minimum Gasteiger partial charge on any atom is -0.478 e. The third-order valence-corrected chi connectivity index (χ3v) is 11.4. The standard InChI is InChI=1S/C33H33ClF2N4O4S2/c1-19(35)14-22-8-12-26(38-22)29-27-16-33(2,17-37-46(43,44)23-9-5-20(6-10-23)32(41)42)18-40(27)31(28-4-3-13-45-28)39-30(29)24-11-7-21(36)15-25(24)34/h3,5-13,15,19,22,28,30,37H,4,14,16-18H2,1-2H3,(H,41,42)/t19-,22?,28?,30+,33+/m1/s1. The van der Waals surface area contributed by atoms with Crippen molar-refractivity contribution in [3.8, 4) is 0 Å². The lowest BCUT2D eigenvalue weighted by molar-refractivity contribution is 0.0696. The molecule has 4 aliphatic rings. The Hall–Kier alpha value is -3.32. The van der Waals surface area contributed by atoms with Crippen molar-refractivity contribution >= 4 is 50.9 Å². The van der Waals surface area contributed by atoms with Gasteiger partial charge < -0.3 is 10.0 Å². The summed E-state index contributed by atoms with van der Waals surface area (Å²) < 4.78 is 57.4. The van der Waals surface area contributed by atoms with E-state index in [9.17, 15) is 27.1 Å². The number of nitrogens with zero attached hydrogens (tertiary/aromatic N) is 3. The molecule has 5 atom stereocenters. The second-order valence-corrected chi connectivity index (χ2v) is 15.6. The number of hydrogen-bond acceptors (Lipinski definition) is 7. The monoisotopic (exact) mass is 686 g/mol. The Morgan fingerprint density at radius 1 is 1.24 bits per heavy atom. The molecule has 0 bridgehead atoms. The van der Waals surface area contributed by atoms with E-state index in [1.54, 1.807) is 17.8 Å². The Labute approximate surface area is 276 Å². The molecule has 0 spiro atoms. The van der Waals surface area contributed by atoms with E-state index in [2.05, 4.69) is 15.7 Å². The zero-order valence-electron chi connectivity index (χ0n) is 25.2. The van der Waals surface area contributed by atoms with Gasteiger partial charge in [-0.05, 0) is 67.6 Å². The van der Waals surface area contributed by atoms with Crippen molar-refractivity contribution in [1.29, 1.82) is 0 Å². The van der Waals surface area contributed by atoms with Gasteiger partial charge in [-0.1, -0.05) is 36.7 Å². The Morgan fingerprint density at radius 3 is 2.65 bits per heavy atom. The number of aliphatic imine (C=N–C) groups is 2. The van der Waals surface area contributed by atoms with Gasteiger partial charge in [0, 0.05) is 46.8 Å². The number of carboxylic acids is 1. The first kappa shape index (κ1) is 32.6. The lowest BCUT2D eigenvalue weighted by atomic mass is 9.86. The van der Waals surface area contributed by atoms with E-state index < -0.39 is 39.4 Å². The zero-order valence-corrected chi connectivity index (χ0v) is 27.5. The van der Waals surface area contributed by atoms with Crippen molar-refractivity contribution in [2.45, 2.75) is 61.5 Å². The van der Waals surface area contributed by atoms with Gasteiger partial charge in [0.2, 0.25) is 10.0 Å². The van der Waals surface area contributed by atoms with Crippen LogP contribution in [0.4, 0.5) is 8.78 Å². The topological polar surface area (TPSA) is 111 Å². The quantitative estimate of drug-likeness (QED) is 0.287. The highest BCUT2D eigenvalue weighted by molar-refractivity contribution is 8.03. The van der Waals surface area contributed by atoms with Crippen molar-refractivity contribution in [1.82, 2.24) is 9.62 Å². The van der Waals surface area contributed by atoms with Gasteiger partial charge in [-0.2, -0.15) is 0 Å². The molecule has 2 N–H and O–H groups in total. The molecule has 4 heterocycles. The highest BCUT2D eigenvalue weighted by atomic mass is 35.5. The minimum atomic E-state index is -3.95. The summed E-state index contributed by atoms with van der Waals surface area (Å²) in [7, 11) is -3.95. The summed E-state index contributed by atoms with van der Waals surface area (Å²) in [4.78, 5) is 23.5. The number of sulfonamides is 1. The molecule has 0 aliphatic carbocycles. The normalized spacial score (nSPS) is 26.4. The van der Waals surface area contributed by atoms with Gasteiger partial charge in [0.1, 0.15) is 17.7 Å². The van der Waals surface area contributed by atoms with Crippen LogP contribution in [0.2, 0.25) is 5.02 Å². The van der Waals surface area contributed by atoms with Gasteiger partial charge in [-0.25, -0.2) is 26.7 Å². The molecular formula is C33H33ClF2N4O4S2. The maximum Gasteiger partial charge on any atom is 0.335 e. The van der Waals surface area contributed by atoms with Crippen molar-refractivity contribution in [3.05, 3.63) is 99.3 Å². The van der Waals surface area contributed by atoms with E-state index >= 15 is 0 Å². The lowest BCUT2D eigenvalue weighted by Gasteiger charge is -2.36. The molecule has 0 aromatic heterocycles. The summed E-state index contributed by atoms with van der Waals surface area (Å²) in [5.74, 6) is -0.781.